The molecule has 0 amide bonds. The first-order chi connectivity index (χ1) is 31.2. The molecule has 0 saturated heterocycles. The molecule has 5 heterocycles. The van der Waals surface area contributed by atoms with E-state index >= 15 is 0 Å². The van der Waals surface area contributed by atoms with E-state index in [2.05, 4.69) is 210 Å². The molecule has 0 bridgehead atoms. The van der Waals surface area contributed by atoms with Crippen LogP contribution in [-0.4, -0.2) is 30.5 Å². The number of nitrogens with zero attached hydrogens (tertiary/aromatic N) is 6. The zero-order chi connectivity index (χ0) is 41.4. The second-order valence-corrected chi connectivity index (χ2v) is 17.2. The van der Waals surface area contributed by atoms with Crippen molar-refractivity contribution in [2.45, 2.75) is 12.0 Å². The number of anilines is 2. The first kappa shape index (κ1) is 35.7. The average molecular weight is 825 g/mol. The van der Waals surface area contributed by atoms with Gasteiger partial charge in [0.1, 0.15) is 11.0 Å². The van der Waals surface area contributed by atoms with Gasteiger partial charge in [-0.25, -0.2) is 19.9 Å². The van der Waals surface area contributed by atoms with Gasteiger partial charge in [0, 0.05) is 56.0 Å². The van der Waals surface area contributed by atoms with Crippen LogP contribution in [0.3, 0.4) is 0 Å². The van der Waals surface area contributed by atoms with E-state index in [1.54, 1.807) is 11.3 Å². The summed E-state index contributed by atoms with van der Waals surface area (Å²) in [5, 5.41) is 2.33. The zero-order valence-corrected chi connectivity index (χ0v) is 34.7. The van der Waals surface area contributed by atoms with Crippen LogP contribution in [0.1, 0.15) is 17.3 Å². The van der Waals surface area contributed by atoms with Gasteiger partial charge in [-0.2, -0.15) is 0 Å². The molecule has 0 radical (unpaired) electrons. The number of para-hydroxylation sites is 4. The lowest BCUT2D eigenvalue weighted by Gasteiger charge is -2.29. The van der Waals surface area contributed by atoms with Crippen LogP contribution >= 0.6 is 11.3 Å². The van der Waals surface area contributed by atoms with Crippen LogP contribution in [0.2, 0.25) is 0 Å². The van der Waals surface area contributed by atoms with Gasteiger partial charge in [0.05, 0.1) is 37.9 Å². The van der Waals surface area contributed by atoms with Crippen molar-refractivity contribution in [2.24, 2.45) is 0 Å². The van der Waals surface area contributed by atoms with Gasteiger partial charge in [-0.1, -0.05) is 152 Å². The van der Waals surface area contributed by atoms with Crippen molar-refractivity contribution in [1.82, 2.24) is 24.5 Å². The van der Waals surface area contributed by atoms with E-state index in [0.717, 1.165) is 76.2 Å². The van der Waals surface area contributed by atoms with Gasteiger partial charge in [0.15, 0.2) is 11.6 Å². The van der Waals surface area contributed by atoms with Crippen molar-refractivity contribution >= 4 is 70.5 Å². The van der Waals surface area contributed by atoms with Crippen LogP contribution in [0.25, 0.3) is 87.4 Å². The average Bonchev–Trinajstić information content (AvgIpc) is 4.02. The lowest BCUT2D eigenvalue weighted by atomic mass is 9.88. The highest BCUT2D eigenvalue weighted by Gasteiger charge is 2.38. The Balaban J connectivity index is 1.03. The minimum absolute atomic E-state index is 0.126. The van der Waals surface area contributed by atoms with Crippen molar-refractivity contribution < 1.29 is 0 Å². The van der Waals surface area contributed by atoms with Gasteiger partial charge in [0.2, 0.25) is 0 Å². The Bertz CT molecular complexity index is 3630. The monoisotopic (exact) mass is 824 g/mol. The van der Waals surface area contributed by atoms with E-state index in [9.17, 15) is 0 Å². The summed E-state index contributed by atoms with van der Waals surface area (Å²) >= 11 is 1.68. The van der Waals surface area contributed by atoms with E-state index in [0.29, 0.717) is 11.6 Å². The second-order valence-electron chi connectivity index (χ2n) is 16.2. The number of allylic oxidation sites excluding steroid dienone is 2. The Hall–Kier alpha value is -8.00. The summed E-state index contributed by atoms with van der Waals surface area (Å²) in [6, 6.07) is 66.3. The smallest absolute Gasteiger partial charge is 0.160 e. The zero-order valence-electron chi connectivity index (χ0n) is 33.9. The molecule has 296 valence electrons. The lowest BCUT2D eigenvalue weighted by Crippen LogP contribution is -2.29. The van der Waals surface area contributed by atoms with Crippen molar-refractivity contribution in [3.8, 4) is 39.6 Å². The van der Waals surface area contributed by atoms with Gasteiger partial charge in [0.25, 0.3) is 0 Å². The summed E-state index contributed by atoms with van der Waals surface area (Å²) in [4.78, 5) is 24.3. The minimum atomic E-state index is 0.126. The third-order valence-electron chi connectivity index (χ3n) is 12.5. The maximum Gasteiger partial charge on any atom is 0.160 e. The van der Waals surface area contributed by atoms with Crippen molar-refractivity contribution in [3.05, 3.63) is 218 Å². The molecule has 4 aromatic heterocycles. The van der Waals surface area contributed by atoms with Crippen LogP contribution in [0.5, 0.6) is 0 Å². The molecule has 63 heavy (non-hydrogen) atoms. The number of aromatic nitrogens is 5. The van der Waals surface area contributed by atoms with Crippen molar-refractivity contribution in [1.29, 1.82) is 0 Å². The maximum atomic E-state index is 5.49. The standard InChI is InChI=1S/C56H36N6S/c1-5-17-35(18-6-1)49-53-51(59-55(57-49)37-29-31-47-43(33-37)41-25-13-15-27-45(41)61(47)39-21-9-3-10-22-39)52-54(63-53)50(36-19-7-2-8-20-36)58-56(60-52)38-30-32-48-44(34-38)42-26-14-16-28-46(42)62(48)40-23-11-4-12-24-40/h1-34,43,47H. The third kappa shape index (κ3) is 5.70. The lowest BCUT2D eigenvalue weighted by molar-refractivity contribution is 0.746. The first-order valence-corrected chi connectivity index (χ1v) is 22.1. The van der Waals surface area contributed by atoms with Gasteiger partial charge in [-0.3, -0.25) is 0 Å². The third-order valence-corrected chi connectivity index (χ3v) is 13.7. The molecular formula is C56H36N6S. The van der Waals surface area contributed by atoms with Gasteiger partial charge >= 0.3 is 0 Å². The van der Waals surface area contributed by atoms with Crippen LogP contribution in [0.15, 0.2) is 206 Å². The number of benzene rings is 7. The van der Waals surface area contributed by atoms with Crippen molar-refractivity contribution in [3.63, 3.8) is 0 Å². The number of rotatable bonds is 6. The van der Waals surface area contributed by atoms with Crippen LogP contribution < -0.4 is 4.90 Å². The molecular weight excluding hydrogens is 789 g/mol. The number of hydrogen-bond donors (Lipinski definition) is 0. The minimum Gasteiger partial charge on any atom is -0.333 e. The molecule has 2 unspecified atom stereocenters. The Labute approximate surface area is 367 Å². The van der Waals surface area contributed by atoms with Gasteiger partial charge in [-0.15, -0.1) is 11.3 Å². The molecule has 7 aromatic carbocycles. The topological polar surface area (TPSA) is 59.7 Å². The molecule has 13 rings (SSSR count). The molecule has 0 fully saturated rings. The second kappa shape index (κ2) is 14.3. The summed E-state index contributed by atoms with van der Waals surface area (Å²) < 4.78 is 4.32. The molecule has 1 aliphatic carbocycles. The number of fused-ring (bicyclic) bond motifs is 9. The van der Waals surface area contributed by atoms with Crippen molar-refractivity contribution in [2.75, 3.05) is 4.90 Å². The number of hydrogen-bond acceptors (Lipinski definition) is 6. The molecule has 1 aliphatic heterocycles. The Kier molecular flexibility index (Phi) is 8.11. The van der Waals surface area contributed by atoms with Crippen LogP contribution in [-0.2, 0) is 0 Å². The SMILES string of the molecule is C1=CC2C(C=C1c1nc(-c3ccccc3)c3sc4c(-c5ccccc5)nc(-c5ccc6c(c5)c5ccccc5n6-c5ccccc5)nc4c3n1)c1ccccc1N2c1ccccc1. The molecule has 0 spiro atoms. The van der Waals surface area contributed by atoms with Gasteiger partial charge < -0.3 is 9.47 Å². The van der Waals surface area contributed by atoms with Crippen LogP contribution in [0, 0.1) is 0 Å². The summed E-state index contributed by atoms with van der Waals surface area (Å²) in [7, 11) is 0. The summed E-state index contributed by atoms with van der Waals surface area (Å²) in [5.74, 6) is 1.47. The maximum absolute atomic E-state index is 5.49. The molecule has 6 nitrogen and oxygen atoms in total. The largest absolute Gasteiger partial charge is 0.333 e. The number of thiophene rings is 1. The van der Waals surface area contributed by atoms with E-state index in [4.69, 9.17) is 19.9 Å². The van der Waals surface area contributed by atoms with E-state index < -0.39 is 0 Å². The van der Waals surface area contributed by atoms with E-state index in [1.807, 2.05) is 6.07 Å². The molecule has 2 atom stereocenters. The summed E-state index contributed by atoms with van der Waals surface area (Å²) in [6.07, 6.45) is 6.91. The van der Waals surface area contributed by atoms with Gasteiger partial charge in [-0.05, 0) is 60.2 Å². The fraction of sp³-hybridized carbons (Fsp3) is 0.0357. The molecule has 0 saturated carbocycles. The molecule has 7 heteroatoms. The Morgan fingerprint density at radius 3 is 1.75 bits per heavy atom. The predicted molar refractivity (Wildman–Crippen MR) is 260 cm³/mol. The van der Waals surface area contributed by atoms with Crippen LogP contribution in [0.4, 0.5) is 11.4 Å². The highest BCUT2D eigenvalue weighted by Crippen LogP contribution is 2.50. The molecule has 0 N–H and O–H groups in total. The normalized spacial score (nSPS) is 15.6. The first-order valence-electron chi connectivity index (χ1n) is 21.3. The highest BCUT2D eigenvalue weighted by atomic mass is 32.1. The Morgan fingerprint density at radius 2 is 1.03 bits per heavy atom. The molecule has 2 aliphatic rings. The fourth-order valence-corrected chi connectivity index (χ4v) is 10.9. The quantitative estimate of drug-likeness (QED) is 0.167. The predicted octanol–water partition coefficient (Wildman–Crippen LogP) is 14.0. The fourth-order valence-electron chi connectivity index (χ4n) is 9.71. The van der Waals surface area contributed by atoms with E-state index in [-0.39, 0.29) is 12.0 Å². The van der Waals surface area contributed by atoms with E-state index in [1.165, 1.54) is 22.3 Å². The summed E-state index contributed by atoms with van der Waals surface area (Å²) in [5.41, 5.74) is 14.6. The molecule has 11 aromatic rings. The highest BCUT2D eigenvalue weighted by molar-refractivity contribution is 7.26. The summed E-state index contributed by atoms with van der Waals surface area (Å²) in [6.45, 7) is 0. The Morgan fingerprint density at radius 1 is 0.460 bits per heavy atom.